The predicted molar refractivity (Wildman–Crippen MR) is 121 cm³/mol. The van der Waals surface area contributed by atoms with Crippen molar-refractivity contribution in [2.24, 2.45) is 0 Å². The van der Waals surface area contributed by atoms with Gasteiger partial charge in [-0.1, -0.05) is 19.4 Å². The van der Waals surface area contributed by atoms with E-state index in [4.69, 9.17) is 14.2 Å². The first kappa shape index (κ1) is 22.4. The minimum Gasteiger partial charge on any atom is -0.497 e. The quantitative estimate of drug-likeness (QED) is 0.474. The Labute approximate surface area is 187 Å². The van der Waals surface area contributed by atoms with E-state index >= 15 is 0 Å². The summed E-state index contributed by atoms with van der Waals surface area (Å²) in [4.78, 5) is 14.3. The molecule has 2 aromatic rings. The highest BCUT2D eigenvalue weighted by Crippen LogP contribution is 2.39. The molecule has 31 heavy (non-hydrogen) atoms. The maximum Gasteiger partial charge on any atom is 0.266 e. The van der Waals surface area contributed by atoms with Crippen LogP contribution in [0.5, 0.6) is 17.2 Å². The Balaban J connectivity index is 2.03. The van der Waals surface area contributed by atoms with Crippen LogP contribution >= 0.6 is 12.6 Å². The lowest BCUT2D eigenvalue weighted by Crippen LogP contribution is -2.46. The number of benzene rings is 2. The van der Waals surface area contributed by atoms with Crippen LogP contribution in [0.4, 0.5) is 5.69 Å². The molecule has 1 unspecified atom stereocenters. The normalized spacial score (nSPS) is 15.9. The average molecular weight is 440 g/mol. The van der Waals surface area contributed by atoms with Crippen LogP contribution < -0.4 is 24.4 Å². The van der Waals surface area contributed by atoms with Gasteiger partial charge in [-0.15, -0.1) is 12.6 Å². The Morgan fingerprint density at radius 3 is 2.48 bits per heavy atom. The number of nitriles is 1. The van der Waals surface area contributed by atoms with Crippen LogP contribution in [0.25, 0.3) is 0 Å². The molecule has 162 valence electrons. The highest BCUT2D eigenvalue weighted by Gasteiger charge is 2.34. The Morgan fingerprint density at radius 2 is 1.87 bits per heavy atom. The zero-order chi connectivity index (χ0) is 22.4. The van der Waals surface area contributed by atoms with Crippen LogP contribution in [-0.2, 0) is 4.79 Å². The minimum atomic E-state index is -0.593. The second-order valence-corrected chi connectivity index (χ2v) is 7.29. The molecular weight excluding hydrogens is 414 g/mol. The number of hydrogen-bond donors (Lipinski definition) is 2. The second-order valence-electron chi connectivity index (χ2n) is 6.87. The summed E-state index contributed by atoms with van der Waals surface area (Å²) in [5.74, 6) is 1.41. The van der Waals surface area contributed by atoms with E-state index in [-0.39, 0.29) is 10.6 Å². The van der Waals surface area contributed by atoms with Crippen LogP contribution in [0.1, 0.15) is 31.5 Å². The molecule has 0 aliphatic carbocycles. The monoisotopic (exact) mass is 439 g/mol. The highest BCUT2D eigenvalue weighted by molar-refractivity contribution is 7.84. The van der Waals surface area contributed by atoms with Crippen molar-refractivity contribution < 1.29 is 19.0 Å². The SMILES string of the molecule is CCCCOc1ccc(C2NC(=O)C(C#N)=C(S)N2c2ccc(OC)cc2)cc1OC. The minimum absolute atomic E-state index is 0.0538. The maximum absolute atomic E-state index is 12.5. The first-order valence-electron chi connectivity index (χ1n) is 9.92. The number of amides is 1. The van der Waals surface area contributed by atoms with Crippen molar-refractivity contribution in [3.8, 4) is 23.3 Å². The lowest BCUT2D eigenvalue weighted by Gasteiger charge is -2.38. The van der Waals surface area contributed by atoms with E-state index in [1.807, 2.05) is 36.4 Å². The number of anilines is 1. The third-order valence-electron chi connectivity index (χ3n) is 4.93. The predicted octanol–water partition coefficient (Wildman–Crippen LogP) is 4.18. The van der Waals surface area contributed by atoms with Gasteiger partial charge in [-0.3, -0.25) is 4.79 Å². The fraction of sp³-hybridized carbons (Fsp3) is 0.304. The molecule has 2 aromatic carbocycles. The van der Waals surface area contributed by atoms with E-state index in [9.17, 15) is 10.1 Å². The third-order valence-corrected chi connectivity index (χ3v) is 5.37. The van der Waals surface area contributed by atoms with Gasteiger partial charge in [-0.25, -0.2) is 0 Å². The molecule has 0 aromatic heterocycles. The van der Waals surface area contributed by atoms with Crippen LogP contribution in [0.15, 0.2) is 53.1 Å². The summed E-state index contributed by atoms with van der Waals surface area (Å²) in [6.07, 6.45) is 1.38. The van der Waals surface area contributed by atoms with Gasteiger partial charge in [0.15, 0.2) is 11.5 Å². The molecule has 0 spiro atoms. The van der Waals surface area contributed by atoms with Crippen LogP contribution in [0.3, 0.4) is 0 Å². The molecule has 1 N–H and O–H groups in total. The molecule has 0 saturated heterocycles. The molecule has 7 nitrogen and oxygen atoms in total. The zero-order valence-electron chi connectivity index (χ0n) is 17.7. The molecule has 3 rings (SSSR count). The number of methoxy groups -OCH3 is 2. The van der Waals surface area contributed by atoms with Gasteiger partial charge in [-0.05, 0) is 48.4 Å². The van der Waals surface area contributed by atoms with Crippen LogP contribution in [-0.4, -0.2) is 26.7 Å². The summed E-state index contributed by atoms with van der Waals surface area (Å²) < 4.78 is 16.6. The molecule has 1 heterocycles. The summed E-state index contributed by atoms with van der Waals surface area (Å²) in [7, 11) is 3.16. The number of nitrogens with one attached hydrogen (secondary N) is 1. The molecule has 1 aliphatic heterocycles. The smallest absolute Gasteiger partial charge is 0.266 e. The number of unbranched alkanes of at least 4 members (excludes halogenated alkanes) is 1. The number of hydrogen-bond acceptors (Lipinski definition) is 7. The van der Waals surface area contributed by atoms with Gasteiger partial charge in [0.25, 0.3) is 5.91 Å². The Kier molecular flexibility index (Phi) is 7.32. The van der Waals surface area contributed by atoms with Crippen molar-refractivity contribution in [2.45, 2.75) is 25.9 Å². The zero-order valence-corrected chi connectivity index (χ0v) is 18.6. The lowest BCUT2D eigenvalue weighted by molar-refractivity contribution is -0.118. The summed E-state index contributed by atoms with van der Waals surface area (Å²) in [5, 5.41) is 12.6. The molecule has 0 radical (unpaired) electrons. The Hall–Kier alpha value is -3.31. The fourth-order valence-corrected chi connectivity index (χ4v) is 3.63. The van der Waals surface area contributed by atoms with Crippen molar-refractivity contribution in [1.29, 1.82) is 5.26 Å². The van der Waals surface area contributed by atoms with Gasteiger partial charge in [0.2, 0.25) is 0 Å². The van der Waals surface area contributed by atoms with Crippen molar-refractivity contribution in [1.82, 2.24) is 5.32 Å². The van der Waals surface area contributed by atoms with Gasteiger partial charge in [-0.2, -0.15) is 5.26 Å². The summed E-state index contributed by atoms with van der Waals surface area (Å²) in [5.41, 5.74) is 1.44. The summed E-state index contributed by atoms with van der Waals surface area (Å²) in [6, 6.07) is 14.7. The molecule has 1 aliphatic rings. The van der Waals surface area contributed by atoms with Crippen molar-refractivity contribution in [2.75, 3.05) is 25.7 Å². The number of thiol groups is 1. The summed E-state index contributed by atoms with van der Waals surface area (Å²) in [6.45, 7) is 2.70. The van der Waals surface area contributed by atoms with Gasteiger partial charge >= 0.3 is 0 Å². The first-order valence-corrected chi connectivity index (χ1v) is 10.4. The molecular formula is C23H25N3O4S. The van der Waals surface area contributed by atoms with E-state index in [0.29, 0.717) is 23.9 Å². The van der Waals surface area contributed by atoms with Crippen molar-refractivity contribution in [3.63, 3.8) is 0 Å². The average Bonchev–Trinajstić information content (AvgIpc) is 2.79. The largest absolute Gasteiger partial charge is 0.497 e. The van der Waals surface area contributed by atoms with Crippen molar-refractivity contribution >= 4 is 24.2 Å². The van der Waals surface area contributed by atoms with E-state index < -0.39 is 12.1 Å². The van der Waals surface area contributed by atoms with Crippen LogP contribution in [0, 0.1) is 11.3 Å². The second kappa shape index (κ2) is 10.1. The van der Waals surface area contributed by atoms with Crippen LogP contribution in [0.2, 0.25) is 0 Å². The molecule has 8 heteroatoms. The lowest BCUT2D eigenvalue weighted by atomic mass is 10.1. The molecule has 0 bridgehead atoms. The number of nitrogens with zero attached hydrogens (tertiary/aromatic N) is 2. The topological polar surface area (TPSA) is 83.8 Å². The highest BCUT2D eigenvalue weighted by atomic mass is 32.1. The van der Waals surface area contributed by atoms with Gasteiger partial charge in [0.05, 0.1) is 25.9 Å². The Bertz CT molecular complexity index is 1010. The fourth-order valence-electron chi connectivity index (χ4n) is 3.25. The van der Waals surface area contributed by atoms with E-state index in [0.717, 1.165) is 24.1 Å². The van der Waals surface area contributed by atoms with E-state index in [1.54, 1.807) is 31.3 Å². The number of carbonyl (C=O) groups is 1. The van der Waals surface area contributed by atoms with E-state index in [2.05, 4.69) is 24.9 Å². The molecule has 1 atom stereocenters. The van der Waals surface area contributed by atoms with Gasteiger partial charge < -0.3 is 24.4 Å². The number of rotatable bonds is 8. The Morgan fingerprint density at radius 1 is 1.13 bits per heavy atom. The number of ether oxygens (including phenoxy) is 3. The molecule has 0 fully saturated rings. The third kappa shape index (κ3) is 4.72. The maximum atomic E-state index is 12.5. The van der Waals surface area contributed by atoms with Gasteiger partial charge in [0, 0.05) is 5.69 Å². The number of carbonyl (C=O) groups excluding carboxylic acids is 1. The molecule has 1 amide bonds. The molecule has 0 saturated carbocycles. The standard InChI is InChI=1S/C23H25N3O4S/c1-4-5-12-30-19-11-6-15(13-20(19)29-3)21-25-22(27)18(14-24)23(31)26(21)16-7-9-17(28-2)10-8-16/h6-11,13,21,31H,4-5,12H2,1-3H3,(H,25,27). The van der Waals surface area contributed by atoms with Crippen molar-refractivity contribution in [3.05, 3.63) is 58.6 Å². The summed E-state index contributed by atoms with van der Waals surface area (Å²) >= 11 is 4.52. The first-order chi connectivity index (χ1) is 15.0. The van der Waals surface area contributed by atoms with Gasteiger partial charge in [0.1, 0.15) is 23.6 Å². The van der Waals surface area contributed by atoms with E-state index in [1.165, 1.54) is 0 Å².